The number of hydrogen-bond acceptors (Lipinski definition) is 0. The standard InChI is InChI=1S/C29H61ClN.BrH/c1-4-6-8-10-12-14-16-18-20-23-27-31(3,29-25-22-26-30)28-24-21-19-17-15-13-11-9-7-5-2;/h4-29H2,1-3H3;1H/q+1;/p-1. The van der Waals surface area contributed by atoms with Crippen molar-refractivity contribution >= 4 is 11.6 Å². The van der Waals surface area contributed by atoms with Crippen LogP contribution in [0.2, 0.25) is 0 Å². The van der Waals surface area contributed by atoms with Gasteiger partial charge in [-0.3, -0.25) is 0 Å². The molecular formula is C29H61BrClN. The third kappa shape index (κ3) is 25.4. The third-order valence-corrected chi connectivity index (χ3v) is 7.45. The molecule has 0 spiro atoms. The van der Waals surface area contributed by atoms with Crippen molar-refractivity contribution < 1.29 is 21.5 Å². The van der Waals surface area contributed by atoms with E-state index < -0.39 is 0 Å². The number of rotatable bonds is 26. The van der Waals surface area contributed by atoms with Gasteiger partial charge in [0.25, 0.3) is 0 Å². The van der Waals surface area contributed by atoms with E-state index in [0.29, 0.717) is 0 Å². The van der Waals surface area contributed by atoms with Gasteiger partial charge in [-0.25, -0.2) is 0 Å². The van der Waals surface area contributed by atoms with E-state index in [1.54, 1.807) is 0 Å². The SMILES string of the molecule is CCCCCCCCCCCC[N+](C)(CCCCCl)CCCCCCCCCCCC.[Br-]. The molecule has 0 aromatic heterocycles. The maximum atomic E-state index is 5.95. The molecule has 0 radical (unpaired) electrons. The molecule has 0 aliphatic rings. The number of nitrogens with zero attached hydrogens (tertiary/aromatic N) is 1. The van der Waals surface area contributed by atoms with Gasteiger partial charge in [0.1, 0.15) is 0 Å². The average Bonchev–Trinajstić information content (AvgIpc) is 2.76. The molecule has 0 aromatic rings. The molecule has 0 saturated carbocycles. The molecule has 0 saturated heterocycles. The largest absolute Gasteiger partial charge is 1.00 e. The van der Waals surface area contributed by atoms with Crippen molar-refractivity contribution in [2.45, 2.75) is 155 Å². The van der Waals surface area contributed by atoms with Crippen LogP contribution in [0.4, 0.5) is 0 Å². The van der Waals surface area contributed by atoms with E-state index in [0.717, 1.165) is 5.88 Å². The summed E-state index contributed by atoms with van der Waals surface area (Å²) < 4.78 is 1.30. The predicted octanol–water partition coefficient (Wildman–Crippen LogP) is 7.30. The molecule has 0 N–H and O–H groups in total. The van der Waals surface area contributed by atoms with Gasteiger partial charge in [0.2, 0.25) is 0 Å². The first-order valence-corrected chi connectivity index (χ1v) is 15.1. The zero-order valence-electron chi connectivity index (χ0n) is 22.6. The number of halogens is 2. The molecule has 196 valence electrons. The average molecular weight is 539 g/mol. The van der Waals surface area contributed by atoms with E-state index >= 15 is 0 Å². The Hall–Kier alpha value is 0.730. The highest BCUT2D eigenvalue weighted by Crippen LogP contribution is 2.16. The first kappa shape index (κ1) is 34.9. The molecule has 0 atom stereocenters. The smallest absolute Gasteiger partial charge is 0.0784 e. The molecule has 0 fully saturated rings. The van der Waals surface area contributed by atoms with Crippen LogP contribution in [-0.2, 0) is 0 Å². The summed E-state index contributed by atoms with van der Waals surface area (Å²) in [4.78, 5) is 0. The van der Waals surface area contributed by atoms with Crippen molar-refractivity contribution in [3.63, 3.8) is 0 Å². The van der Waals surface area contributed by atoms with Crippen LogP contribution in [0.1, 0.15) is 155 Å². The molecule has 3 heteroatoms. The highest BCUT2D eigenvalue weighted by Gasteiger charge is 2.20. The summed E-state index contributed by atoms with van der Waals surface area (Å²) in [6, 6.07) is 0. The fourth-order valence-corrected chi connectivity index (χ4v) is 5.07. The minimum absolute atomic E-state index is 0. The molecule has 0 aliphatic carbocycles. The van der Waals surface area contributed by atoms with Gasteiger partial charge in [0.15, 0.2) is 0 Å². The lowest BCUT2D eigenvalue weighted by Gasteiger charge is -2.35. The van der Waals surface area contributed by atoms with Gasteiger partial charge in [-0.05, 0) is 38.5 Å². The van der Waals surface area contributed by atoms with Crippen molar-refractivity contribution in [2.75, 3.05) is 32.6 Å². The van der Waals surface area contributed by atoms with E-state index in [1.165, 1.54) is 165 Å². The molecule has 0 heterocycles. The van der Waals surface area contributed by atoms with Crippen LogP contribution < -0.4 is 17.0 Å². The molecule has 0 aliphatic heterocycles. The molecule has 0 bridgehead atoms. The number of quaternary nitrogens is 1. The number of hydrogen-bond donors (Lipinski definition) is 0. The van der Waals surface area contributed by atoms with Gasteiger partial charge >= 0.3 is 0 Å². The summed E-state index contributed by atoms with van der Waals surface area (Å²) in [5, 5.41) is 0. The molecule has 0 amide bonds. The molecule has 1 nitrogen and oxygen atoms in total. The summed E-state index contributed by atoms with van der Waals surface area (Å²) in [6.07, 6.45) is 31.3. The maximum Gasteiger partial charge on any atom is 0.0784 e. The first-order valence-electron chi connectivity index (χ1n) is 14.6. The van der Waals surface area contributed by atoms with Gasteiger partial charge in [-0.15, -0.1) is 11.6 Å². The Balaban J connectivity index is 0. The van der Waals surface area contributed by atoms with Gasteiger partial charge in [0, 0.05) is 5.88 Å². The minimum Gasteiger partial charge on any atom is -1.00 e. The second kappa shape index (κ2) is 28.0. The first-order chi connectivity index (χ1) is 15.2. The fraction of sp³-hybridized carbons (Fsp3) is 1.00. The van der Waals surface area contributed by atoms with Crippen LogP contribution in [0.15, 0.2) is 0 Å². The minimum atomic E-state index is 0. The third-order valence-electron chi connectivity index (χ3n) is 7.18. The lowest BCUT2D eigenvalue weighted by atomic mass is 10.1. The van der Waals surface area contributed by atoms with Crippen molar-refractivity contribution in [1.29, 1.82) is 0 Å². The normalized spacial score (nSPS) is 11.6. The van der Waals surface area contributed by atoms with Crippen molar-refractivity contribution in [3.8, 4) is 0 Å². The topological polar surface area (TPSA) is 0 Å². The van der Waals surface area contributed by atoms with Gasteiger partial charge in [0.05, 0.1) is 26.7 Å². The van der Waals surface area contributed by atoms with E-state index in [2.05, 4.69) is 20.9 Å². The Labute approximate surface area is 220 Å². The van der Waals surface area contributed by atoms with E-state index in [-0.39, 0.29) is 17.0 Å². The van der Waals surface area contributed by atoms with Crippen LogP contribution in [0, 0.1) is 0 Å². The molecular weight excluding hydrogens is 478 g/mol. The lowest BCUT2D eigenvalue weighted by Crippen LogP contribution is -3.00. The summed E-state index contributed by atoms with van der Waals surface area (Å²) in [5.74, 6) is 0.830. The van der Waals surface area contributed by atoms with Crippen LogP contribution in [-0.4, -0.2) is 37.0 Å². The molecule has 32 heavy (non-hydrogen) atoms. The second-order valence-corrected chi connectivity index (χ2v) is 10.9. The monoisotopic (exact) mass is 537 g/mol. The van der Waals surface area contributed by atoms with E-state index in [9.17, 15) is 0 Å². The summed E-state index contributed by atoms with van der Waals surface area (Å²) >= 11 is 5.95. The Kier molecular flexibility index (Phi) is 30.5. The van der Waals surface area contributed by atoms with E-state index in [1.807, 2.05) is 0 Å². The van der Waals surface area contributed by atoms with E-state index in [4.69, 9.17) is 11.6 Å². The number of alkyl halides is 1. The highest BCUT2D eigenvalue weighted by atomic mass is 79.9. The molecule has 0 unspecified atom stereocenters. The number of unbranched alkanes of at least 4 members (excludes halogenated alkanes) is 19. The quantitative estimate of drug-likeness (QED) is 0.0615. The Morgan fingerprint density at radius 2 is 0.656 bits per heavy atom. The van der Waals surface area contributed by atoms with Crippen LogP contribution in [0.25, 0.3) is 0 Å². The Bertz CT molecular complexity index is 313. The van der Waals surface area contributed by atoms with Crippen LogP contribution >= 0.6 is 11.6 Å². The highest BCUT2D eigenvalue weighted by molar-refractivity contribution is 6.17. The van der Waals surface area contributed by atoms with Crippen molar-refractivity contribution in [2.24, 2.45) is 0 Å². The zero-order chi connectivity index (χ0) is 22.9. The second-order valence-electron chi connectivity index (χ2n) is 10.6. The summed E-state index contributed by atoms with van der Waals surface area (Å²) in [5.41, 5.74) is 0. The Morgan fingerprint density at radius 3 is 0.938 bits per heavy atom. The summed E-state index contributed by atoms with van der Waals surface area (Å²) in [7, 11) is 2.52. The van der Waals surface area contributed by atoms with Crippen LogP contribution in [0.5, 0.6) is 0 Å². The lowest BCUT2D eigenvalue weighted by molar-refractivity contribution is -0.910. The maximum absolute atomic E-state index is 5.95. The van der Waals surface area contributed by atoms with Gasteiger partial charge < -0.3 is 21.5 Å². The molecule has 0 aromatic carbocycles. The predicted molar refractivity (Wildman–Crippen MR) is 144 cm³/mol. The van der Waals surface area contributed by atoms with Crippen molar-refractivity contribution in [1.82, 2.24) is 0 Å². The van der Waals surface area contributed by atoms with Crippen LogP contribution in [0.3, 0.4) is 0 Å². The van der Waals surface area contributed by atoms with Gasteiger partial charge in [-0.1, -0.05) is 117 Å². The molecule has 0 rings (SSSR count). The Morgan fingerprint density at radius 1 is 0.406 bits per heavy atom. The fourth-order valence-electron chi connectivity index (χ4n) is 4.89. The summed E-state index contributed by atoms with van der Waals surface area (Å²) in [6.45, 7) is 8.71. The zero-order valence-corrected chi connectivity index (χ0v) is 24.9. The van der Waals surface area contributed by atoms with Gasteiger partial charge in [-0.2, -0.15) is 0 Å². The van der Waals surface area contributed by atoms with Crippen molar-refractivity contribution in [3.05, 3.63) is 0 Å².